The van der Waals surface area contributed by atoms with Gasteiger partial charge >= 0.3 is 0 Å². The molecule has 4 rings (SSSR count). The van der Waals surface area contributed by atoms with Gasteiger partial charge < -0.3 is 5.11 Å². The van der Waals surface area contributed by atoms with Crippen molar-refractivity contribution in [2.24, 2.45) is 11.8 Å². The quantitative estimate of drug-likeness (QED) is 0.786. The third-order valence-corrected chi connectivity index (χ3v) is 6.83. The molecule has 2 aromatic carbocycles. The van der Waals surface area contributed by atoms with Crippen LogP contribution in [0.3, 0.4) is 0 Å². The maximum atomic E-state index is 12.7. The third kappa shape index (κ3) is 3.78. The SMILES string of the molecule is CC(C)(O)c1ccc(C(=O)CN2C[C@@H]3CC(C)(c4ccccc4)C[C@@H]3C2)cc1. The first-order valence-corrected chi connectivity index (χ1v) is 10.4. The number of carbonyl (C=O) groups excluding carboxylic acids is 1. The number of hydrogen-bond acceptors (Lipinski definition) is 3. The maximum Gasteiger partial charge on any atom is 0.176 e. The second kappa shape index (κ2) is 7.13. The van der Waals surface area contributed by atoms with Crippen molar-refractivity contribution in [2.45, 2.75) is 44.6 Å². The molecule has 0 spiro atoms. The van der Waals surface area contributed by atoms with E-state index >= 15 is 0 Å². The Morgan fingerprint density at radius 1 is 1.04 bits per heavy atom. The van der Waals surface area contributed by atoms with Crippen molar-refractivity contribution in [1.82, 2.24) is 4.90 Å². The highest BCUT2D eigenvalue weighted by Gasteiger charge is 2.47. The summed E-state index contributed by atoms with van der Waals surface area (Å²) in [7, 11) is 0. The fourth-order valence-electron chi connectivity index (χ4n) is 5.30. The van der Waals surface area contributed by atoms with Crippen LogP contribution in [0.2, 0.25) is 0 Å². The first kappa shape index (κ1) is 19.4. The number of benzene rings is 2. The van der Waals surface area contributed by atoms with Crippen molar-refractivity contribution in [3.63, 3.8) is 0 Å². The molecule has 3 heteroatoms. The van der Waals surface area contributed by atoms with Gasteiger partial charge in [0.15, 0.2) is 5.78 Å². The topological polar surface area (TPSA) is 40.5 Å². The second-order valence-corrected chi connectivity index (χ2v) is 9.61. The number of Topliss-reactive ketones (excluding diaryl/α,β-unsaturated/α-hetero) is 1. The van der Waals surface area contributed by atoms with Crippen LogP contribution in [0.15, 0.2) is 54.6 Å². The standard InChI is InChI=1S/C25H31NO2/c1-24(2,28)21-11-9-18(10-12-21)23(27)17-26-15-19-13-25(3,14-20(19)16-26)22-7-5-4-6-8-22/h4-12,19-20,28H,13-17H2,1-3H3/t19-,20+,25?. The number of fused-ring (bicyclic) bond motifs is 1. The summed E-state index contributed by atoms with van der Waals surface area (Å²) < 4.78 is 0. The normalized spacial score (nSPS) is 27.7. The van der Waals surface area contributed by atoms with Gasteiger partial charge in [0.1, 0.15) is 0 Å². The Balaban J connectivity index is 1.36. The van der Waals surface area contributed by atoms with Gasteiger partial charge in [-0.25, -0.2) is 0 Å². The Morgan fingerprint density at radius 3 is 2.14 bits per heavy atom. The lowest BCUT2D eigenvalue weighted by molar-refractivity contribution is 0.0784. The summed E-state index contributed by atoms with van der Waals surface area (Å²) in [6, 6.07) is 18.3. The van der Waals surface area contributed by atoms with Crippen LogP contribution in [0.1, 0.15) is 55.1 Å². The van der Waals surface area contributed by atoms with E-state index in [-0.39, 0.29) is 11.2 Å². The molecule has 3 nitrogen and oxygen atoms in total. The van der Waals surface area contributed by atoms with Gasteiger partial charge in [-0.2, -0.15) is 0 Å². The molecular formula is C25H31NO2. The Hall–Kier alpha value is -1.97. The fourth-order valence-corrected chi connectivity index (χ4v) is 5.30. The van der Waals surface area contributed by atoms with Crippen LogP contribution in [0, 0.1) is 11.8 Å². The summed E-state index contributed by atoms with van der Waals surface area (Å²) in [6.07, 6.45) is 2.43. The molecule has 1 N–H and O–H groups in total. The molecule has 1 heterocycles. The number of likely N-dealkylation sites (tertiary alicyclic amines) is 1. The van der Waals surface area contributed by atoms with Gasteiger partial charge in [-0.1, -0.05) is 61.5 Å². The van der Waals surface area contributed by atoms with E-state index in [0.29, 0.717) is 18.4 Å². The number of hydrogen-bond donors (Lipinski definition) is 1. The first-order valence-electron chi connectivity index (χ1n) is 10.4. The zero-order chi connectivity index (χ0) is 19.9. The minimum absolute atomic E-state index is 0.174. The second-order valence-electron chi connectivity index (χ2n) is 9.61. The molecule has 28 heavy (non-hydrogen) atoms. The van der Waals surface area contributed by atoms with Crippen LogP contribution in [0.25, 0.3) is 0 Å². The van der Waals surface area contributed by atoms with Crippen LogP contribution in [0.4, 0.5) is 0 Å². The van der Waals surface area contributed by atoms with Crippen molar-refractivity contribution in [2.75, 3.05) is 19.6 Å². The lowest BCUT2D eigenvalue weighted by atomic mass is 9.80. The minimum atomic E-state index is -0.876. The number of nitrogens with zero attached hydrogens (tertiary/aromatic N) is 1. The van der Waals surface area contributed by atoms with E-state index in [1.165, 1.54) is 18.4 Å². The summed E-state index contributed by atoms with van der Waals surface area (Å²) in [5, 5.41) is 10.1. The molecule has 1 unspecified atom stereocenters. The molecule has 0 amide bonds. The molecule has 148 valence electrons. The summed E-state index contributed by atoms with van der Waals surface area (Å²) in [4.78, 5) is 15.1. The smallest absolute Gasteiger partial charge is 0.176 e. The zero-order valence-electron chi connectivity index (χ0n) is 17.2. The molecule has 3 atom stereocenters. The molecule has 1 saturated carbocycles. The highest BCUT2D eigenvalue weighted by atomic mass is 16.3. The van der Waals surface area contributed by atoms with E-state index in [0.717, 1.165) is 24.2 Å². The highest BCUT2D eigenvalue weighted by molar-refractivity contribution is 5.97. The third-order valence-electron chi connectivity index (χ3n) is 6.83. The largest absolute Gasteiger partial charge is 0.386 e. The van der Waals surface area contributed by atoms with Gasteiger partial charge in [0.2, 0.25) is 0 Å². The molecule has 1 aliphatic heterocycles. The lowest BCUT2D eigenvalue weighted by Crippen LogP contribution is -2.31. The number of ketones is 1. The fraction of sp³-hybridized carbons (Fsp3) is 0.480. The molecular weight excluding hydrogens is 346 g/mol. The maximum absolute atomic E-state index is 12.7. The van der Waals surface area contributed by atoms with E-state index < -0.39 is 5.60 Å². The molecule has 2 fully saturated rings. The van der Waals surface area contributed by atoms with E-state index in [1.54, 1.807) is 13.8 Å². The Kier molecular flexibility index (Phi) is 4.93. The van der Waals surface area contributed by atoms with Gasteiger partial charge in [-0.3, -0.25) is 9.69 Å². The average Bonchev–Trinajstić information content (AvgIpc) is 3.16. The van der Waals surface area contributed by atoms with Gasteiger partial charge in [-0.15, -0.1) is 0 Å². The lowest BCUT2D eigenvalue weighted by Gasteiger charge is -2.27. The van der Waals surface area contributed by atoms with E-state index in [9.17, 15) is 9.90 Å². The number of aliphatic hydroxyl groups is 1. The predicted octanol–water partition coefficient (Wildman–Crippen LogP) is 4.40. The summed E-state index contributed by atoms with van der Waals surface area (Å²) >= 11 is 0. The van der Waals surface area contributed by atoms with Crippen LogP contribution in [0.5, 0.6) is 0 Å². The highest BCUT2D eigenvalue weighted by Crippen LogP contribution is 2.50. The number of carbonyl (C=O) groups is 1. The molecule has 0 radical (unpaired) electrons. The average molecular weight is 378 g/mol. The molecule has 1 aliphatic carbocycles. The minimum Gasteiger partial charge on any atom is -0.386 e. The molecule has 0 bridgehead atoms. The Labute approximate surface area is 168 Å². The van der Waals surface area contributed by atoms with E-state index in [4.69, 9.17) is 0 Å². The summed E-state index contributed by atoms with van der Waals surface area (Å²) in [5.41, 5.74) is 2.43. The Bertz CT molecular complexity index is 821. The Morgan fingerprint density at radius 2 is 1.61 bits per heavy atom. The van der Waals surface area contributed by atoms with Gasteiger partial charge in [0.25, 0.3) is 0 Å². The van der Waals surface area contributed by atoms with Gasteiger partial charge in [0.05, 0.1) is 12.1 Å². The van der Waals surface area contributed by atoms with Crippen LogP contribution < -0.4 is 0 Å². The molecule has 0 aromatic heterocycles. The number of rotatable bonds is 5. The molecule has 2 aromatic rings. The van der Waals surface area contributed by atoms with Crippen LogP contribution >= 0.6 is 0 Å². The van der Waals surface area contributed by atoms with Crippen molar-refractivity contribution in [3.05, 3.63) is 71.3 Å². The summed E-state index contributed by atoms with van der Waals surface area (Å²) in [5.74, 6) is 1.55. The molecule has 2 aliphatic rings. The van der Waals surface area contributed by atoms with E-state index in [2.05, 4.69) is 42.2 Å². The predicted molar refractivity (Wildman–Crippen MR) is 112 cm³/mol. The van der Waals surface area contributed by atoms with E-state index in [1.807, 2.05) is 24.3 Å². The van der Waals surface area contributed by atoms with Crippen LogP contribution in [-0.2, 0) is 11.0 Å². The monoisotopic (exact) mass is 377 g/mol. The van der Waals surface area contributed by atoms with Gasteiger partial charge in [0, 0.05) is 18.7 Å². The van der Waals surface area contributed by atoms with Crippen molar-refractivity contribution in [3.8, 4) is 0 Å². The summed E-state index contributed by atoms with van der Waals surface area (Å²) in [6.45, 7) is 8.48. The first-order chi connectivity index (χ1) is 13.2. The van der Waals surface area contributed by atoms with Crippen molar-refractivity contribution >= 4 is 5.78 Å². The van der Waals surface area contributed by atoms with Crippen LogP contribution in [-0.4, -0.2) is 35.4 Å². The molecule has 1 saturated heterocycles. The van der Waals surface area contributed by atoms with Crippen molar-refractivity contribution < 1.29 is 9.90 Å². The van der Waals surface area contributed by atoms with Gasteiger partial charge in [-0.05, 0) is 55.1 Å². The zero-order valence-corrected chi connectivity index (χ0v) is 17.2. The van der Waals surface area contributed by atoms with Crippen molar-refractivity contribution in [1.29, 1.82) is 0 Å².